The molecule has 0 heterocycles. The van der Waals surface area contributed by atoms with Crippen molar-refractivity contribution in [1.29, 1.82) is 0 Å². The Bertz CT molecular complexity index is 789. The summed E-state index contributed by atoms with van der Waals surface area (Å²) in [7, 11) is 0. The van der Waals surface area contributed by atoms with Crippen LogP contribution in [0.2, 0.25) is 0 Å². The number of hydrogen-bond donors (Lipinski definition) is 2. The first-order valence-corrected chi connectivity index (χ1v) is 9.03. The maximum Gasteiger partial charge on any atom is 0.185 e. The van der Waals surface area contributed by atoms with Crippen molar-refractivity contribution in [2.45, 2.75) is 40.0 Å². The van der Waals surface area contributed by atoms with Gasteiger partial charge in [0.15, 0.2) is 5.78 Å². The van der Waals surface area contributed by atoms with Crippen molar-refractivity contribution in [2.75, 3.05) is 6.61 Å². The summed E-state index contributed by atoms with van der Waals surface area (Å²) in [5.41, 5.74) is 2.90. The van der Waals surface area contributed by atoms with E-state index in [0.717, 1.165) is 23.1 Å². The molecular weight excluding hydrogens is 328 g/mol. The van der Waals surface area contributed by atoms with E-state index in [9.17, 15) is 15.0 Å². The molecule has 2 rings (SSSR count). The van der Waals surface area contributed by atoms with Crippen LogP contribution in [0.25, 0.3) is 6.08 Å². The molecule has 0 spiro atoms. The second kappa shape index (κ2) is 9.09. The van der Waals surface area contributed by atoms with E-state index in [1.165, 1.54) is 18.2 Å². The van der Waals surface area contributed by atoms with Gasteiger partial charge in [0.05, 0.1) is 6.61 Å². The van der Waals surface area contributed by atoms with E-state index in [-0.39, 0.29) is 17.3 Å². The summed E-state index contributed by atoms with van der Waals surface area (Å²) in [4.78, 5) is 12.4. The van der Waals surface area contributed by atoms with Gasteiger partial charge in [0.25, 0.3) is 0 Å². The minimum absolute atomic E-state index is 0.125. The SMILES string of the molecule is CCCOc1c(C=CC(=O)c2ccc(O)cc2)cc(CC)c(O)c1CC. The number of aryl methyl sites for hydroxylation is 1. The highest BCUT2D eigenvalue weighted by molar-refractivity contribution is 6.07. The molecule has 4 nitrogen and oxygen atoms in total. The predicted octanol–water partition coefficient (Wildman–Crippen LogP) is 4.91. The zero-order valence-corrected chi connectivity index (χ0v) is 15.6. The van der Waals surface area contributed by atoms with Crippen LogP contribution in [0, 0.1) is 0 Å². The third kappa shape index (κ3) is 4.45. The van der Waals surface area contributed by atoms with E-state index >= 15 is 0 Å². The summed E-state index contributed by atoms with van der Waals surface area (Å²) < 4.78 is 5.89. The quantitative estimate of drug-likeness (QED) is 0.522. The van der Waals surface area contributed by atoms with E-state index in [2.05, 4.69) is 0 Å². The maximum atomic E-state index is 12.4. The first-order chi connectivity index (χ1) is 12.5. The smallest absolute Gasteiger partial charge is 0.185 e. The van der Waals surface area contributed by atoms with Crippen LogP contribution in [0.5, 0.6) is 17.2 Å². The molecule has 0 atom stereocenters. The fraction of sp³-hybridized carbons (Fsp3) is 0.318. The molecule has 2 aromatic carbocycles. The number of carbonyl (C=O) groups is 1. The number of phenols is 2. The molecule has 4 heteroatoms. The molecule has 0 saturated carbocycles. The molecule has 138 valence electrons. The predicted molar refractivity (Wildman–Crippen MR) is 104 cm³/mol. The van der Waals surface area contributed by atoms with E-state index in [0.29, 0.717) is 30.8 Å². The highest BCUT2D eigenvalue weighted by atomic mass is 16.5. The highest BCUT2D eigenvalue weighted by Crippen LogP contribution is 2.37. The Hall–Kier alpha value is -2.75. The zero-order chi connectivity index (χ0) is 19.1. The van der Waals surface area contributed by atoms with E-state index in [1.807, 2.05) is 26.8 Å². The van der Waals surface area contributed by atoms with Gasteiger partial charge < -0.3 is 14.9 Å². The minimum Gasteiger partial charge on any atom is -0.508 e. The fourth-order valence-corrected chi connectivity index (χ4v) is 2.78. The summed E-state index contributed by atoms with van der Waals surface area (Å²) in [6.07, 6.45) is 5.43. The number of hydrogen-bond acceptors (Lipinski definition) is 4. The monoisotopic (exact) mass is 354 g/mol. The lowest BCUT2D eigenvalue weighted by Crippen LogP contribution is -2.03. The number of ketones is 1. The minimum atomic E-state index is -0.157. The standard InChI is InChI=1S/C22H26O4/c1-4-13-26-22-17(14-15(5-2)21(25)19(22)6-3)9-12-20(24)16-7-10-18(23)11-8-16/h7-12,14,23,25H,4-6,13H2,1-3H3. The first-order valence-electron chi connectivity index (χ1n) is 9.03. The molecular formula is C22H26O4. The van der Waals surface area contributed by atoms with Crippen LogP contribution in [0.1, 0.15) is 54.2 Å². The van der Waals surface area contributed by atoms with Crippen LogP contribution < -0.4 is 4.74 Å². The molecule has 2 N–H and O–H groups in total. The zero-order valence-electron chi connectivity index (χ0n) is 15.6. The topological polar surface area (TPSA) is 66.8 Å². The summed E-state index contributed by atoms with van der Waals surface area (Å²) in [6, 6.07) is 8.02. The lowest BCUT2D eigenvalue weighted by molar-refractivity contribution is 0.104. The summed E-state index contributed by atoms with van der Waals surface area (Å²) in [5.74, 6) is 0.886. The molecule has 0 radical (unpaired) electrons. The maximum absolute atomic E-state index is 12.4. The van der Waals surface area contributed by atoms with Crippen LogP contribution in [-0.4, -0.2) is 22.6 Å². The Balaban J connectivity index is 2.42. The number of aromatic hydroxyl groups is 2. The number of phenolic OH excluding ortho intramolecular Hbond substituents is 2. The third-order valence-corrected chi connectivity index (χ3v) is 4.21. The number of rotatable bonds is 8. The Kier molecular flexibility index (Phi) is 6.84. The van der Waals surface area contributed by atoms with Crippen LogP contribution >= 0.6 is 0 Å². The molecule has 0 bridgehead atoms. The highest BCUT2D eigenvalue weighted by Gasteiger charge is 2.16. The Morgan fingerprint density at radius 1 is 1.08 bits per heavy atom. The van der Waals surface area contributed by atoms with Gasteiger partial charge in [-0.1, -0.05) is 20.8 Å². The van der Waals surface area contributed by atoms with E-state index < -0.39 is 0 Å². The van der Waals surface area contributed by atoms with Crippen molar-refractivity contribution in [3.05, 3.63) is 58.7 Å². The largest absolute Gasteiger partial charge is 0.508 e. The van der Waals surface area contributed by atoms with Crippen molar-refractivity contribution in [3.63, 3.8) is 0 Å². The lowest BCUT2D eigenvalue weighted by Gasteiger charge is -2.17. The number of allylic oxidation sites excluding steroid dienone is 1. The molecule has 0 amide bonds. The Morgan fingerprint density at radius 2 is 1.77 bits per heavy atom. The van der Waals surface area contributed by atoms with Crippen molar-refractivity contribution >= 4 is 11.9 Å². The lowest BCUT2D eigenvalue weighted by atomic mass is 9.98. The molecule has 0 unspecified atom stereocenters. The summed E-state index contributed by atoms with van der Waals surface area (Å²) in [5, 5.41) is 19.8. The third-order valence-electron chi connectivity index (χ3n) is 4.21. The van der Waals surface area contributed by atoms with Crippen LogP contribution in [0.3, 0.4) is 0 Å². The van der Waals surface area contributed by atoms with Crippen molar-refractivity contribution in [2.24, 2.45) is 0 Å². The van der Waals surface area contributed by atoms with E-state index in [4.69, 9.17) is 4.74 Å². The van der Waals surface area contributed by atoms with Crippen LogP contribution in [0.15, 0.2) is 36.4 Å². The van der Waals surface area contributed by atoms with Gasteiger partial charge >= 0.3 is 0 Å². The number of carbonyl (C=O) groups excluding carboxylic acids is 1. The van der Waals surface area contributed by atoms with Crippen LogP contribution in [-0.2, 0) is 12.8 Å². The first kappa shape index (κ1) is 19.6. The molecule has 0 aliphatic heterocycles. The van der Waals surface area contributed by atoms with Gasteiger partial charge in [-0.2, -0.15) is 0 Å². The van der Waals surface area contributed by atoms with Gasteiger partial charge in [-0.3, -0.25) is 4.79 Å². The number of benzene rings is 2. The molecule has 0 aliphatic carbocycles. The second-order valence-electron chi connectivity index (χ2n) is 6.08. The van der Waals surface area contributed by atoms with Gasteiger partial charge in [-0.15, -0.1) is 0 Å². The van der Waals surface area contributed by atoms with Gasteiger partial charge in [-0.05, 0) is 67.3 Å². The van der Waals surface area contributed by atoms with Gasteiger partial charge in [0.1, 0.15) is 17.2 Å². The number of ether oxygens (including phenoxy) is 1. The van der Waals surface area contributed by atoms with Crippen molar-refractivity contribution < 1.29 is 19.7 Å². The Morgan fingerprint density at radius 3 is 2.35 bits per heavy atom. The average molecular weight is 354 g/mol. The average Bonchev–Trinajstić information content (AvgIpc) is 2.65. The van der Waals surface area contributed by atoms with E-state index in [1.54, 1.807) is 18.2 Å². The Labute approximate surface area is 154 Å². The molecule has 2 aromatic rings. The fourth-order valence-electron chi connectivity index (χ4n) is 2.78. The second-order valence-corrected chi connectivity index (χ2v) is 6.08. The molecule has 0 fully saturated rings. The molecule has 0 aliphatic rings. The molecule has 26 heavy (non-hydrogen) atoms. The molecule has 0 saturated heterocycles. The van der Waals surface area contributed by atoms with Gasteiger partial charge in [0, 0.05) is 16.7 Å². The van der Waals surface area contributed by atoms with Crippen molar-refractivity contribution in [3.8, 4) is 17.2 Å². The summed E-state index contributed by atoms with van der Waals surface area (Å²) in [6.45, 7) is 6.53. The van der Waals surface area contributed by atoms with Gasteiger partial charge in [0.2, 0.25) is 0 Å². The normalized spacial score (nSPS) is 11.0. The molecule has 0 aromatic heterocycles. The van der Waals surface area contributed by atoms with Gasteiger partial charge in [-0.25, -0.2) is 0 Å². The summed E-state index contributed by atoms with van der Waals surface area (Å²) >= 11 is 0. The van der Waals surface area contributed by atoms with Crippen molar-refractivity contribution in [1.82, 2.24) is 0 Å². The van der Waals surface area contributed by atoms with Crippen LogP contribution in [0.4, 0.5) is 0 Å².